The zero-order valence-corrected chi connectivity index (χ0v) is 17.7. The number of hydrogen-bond donors (Lipinski definition) is 2. The average molecular weight is 419 g/mol. The number of phenols is 1. The lowest BCUT2D eigenvalue weighted by atomic mass is 9.87. The van der Waals surface area contributed by atoms with Crippen molar-refractivity contribution in [3.63, 3.8) is 0 Å². The highest BCUT2D eigenvalue weighted by Crippen LogP contribution is 2.25. The van der Waals surface area contributed by atoms with Crippen LogP contribution in [0.15, 0.2) is 72.8 Å². The molecular weight excluding hydrogens is 394 g/mol. The molecule has 3 rings (SSSR count). The van der Waals surface area contributed by atoms with Gasteiger partial charge in [-0.3, -0.25) is 4.79 Å². The predicted octanol–water partition coefficient (Wildman–Crippen LogP) is 4.93. The maximum Gasteiger partial charge on any atom is 0.347 e. The molecule has 3 aromatic carbocycles. The fourth-order valence-corrected chi connectivity index (χ4v) is 2.83. The van der Waals surface area contributed by atoms with Crippen molar-refractivity contribution in [1.82, 2.24) is 0 Å². The molecule has 0 fully saturated rings. The molecule has 0 aliphatic rings. The number of ether oxygens (including phenoxy) is 2. The summed E-state index contributed by atoms with van der Waals surface area (Å²) in [4.78, 5) is 24.4. The zero-order valence-electron chi connectivity index (χ0n) is 17.7. The summed E-state index contributed by atoms with van der Waals surface area (Å²) in [5.41, 5.74) is 1.55. The van der Waals surface area contributed by atoms with Gasteiger partial charge in [-0.1, -0.05) is 51.1 Å². The summed E-state index contributed by atoms with van der Waals surface area (Å²) in [5, 5.41) is 12.8. The van der Waals surface area contributed by atoms with Crippen molar-refractivity contribution < 1.29 is 24.2 Å². The van der Waals surface area contributed by atoms with E-state index in [1.54, 1.807) is 30.3 Å². The first-order chi connectivity index (χ1) is 14.7. The second-order valence-corrected chi connectivity index (χ2v) is 8.05. The molecule has 0 aliphatic heterocycles. The molecular formula is C25H25NO5. The summed E-state index contributed by atoms with van der Waals surface area (Å²) in [6.45, 7) is 6.18. The van der Waals surface area contributed by atoms with E-state index < -0.39 is 5.97 Å². The van der Waals surface area contributed by atoms with Crippen LogP contribution in [-0.4, -0.2) is 23.6 Å². The normalized spacial score (nSPS) is 10.9. The Morgan fingerprint density at radius 2 is 1.58 bits per heavy atom. The summed E-state index contributed by atoms with van der Waals surface area (Å²) < 4.78 is 10.7. The molecule has 0 saturated heterocycles. The summed E-state index contributed by atoms with van der Waals surface area (Å²) in [6, 6.07) is 20.3. The van der Waals surface area contributed by atoms with Crippen molar-refractivity contribution in [2.24, 2.45) is 0 Å². The minimum absolute atomic E-state index is 0.00274. The van der Waals surface area contributed by atoms with Crippen LogP contribution < -0.4 is 14.8 Å². The molecule has 31 heavy (non-hydrogen) atoms. The fraction of sp³-hybridized carbons (Fsp3) is 0.200. The third-order valence-corrected chi connectivity index (χ3v) is 4.55. The zero-order chi connectivity index (χ0) is 22.4. The van der Waals surface area contributed by atoms with Crippen LogP contribution in [0.3, 0.4) is 0 Å². The first kappa shape index (κ1) is 21.9. The molecule has 3 aromatic rings. The number of phenolic OH excluding ortho intramolecular Hbond substituents is 1. The highest BCUT2D eigenvalue weighted by molar-refractivity contribution is 5.96. The fourth-order valence-electron chi connectivity index (χ4n) is 2.83. The van der Waals surface area contributed by atoms with Gasteiger partial charge in [0.2, 0.25) is 0 Å². The summed E-state index contributed by atoms with van der Waals surface area (Å²) in [5.74, 6) is -0.415. The van der Waals surface area contributed by atoms with Crippen molar-refractivity contribution in [1.29, 1.82) is 0 Å². The lowest BCUT2D eigenvalue weighted by molar-refractivity contribution is -0.118. The Bertz CT molecular complexity index is 1050. The maximum absolute atomic E-state index is 12.2. The minimum atomic E-state index is -0.691. The van der Waals surface area contributed by atoms with Gasteiger partial charge in [-0.2, -0.15) is 0 Å². The SMILES string of the molecule is CC(C)(C)c1ccc(OCC(=O)Nc2ccc(C(=O)Oc3ccccc3)c(O)c2)cc1. The molecule has 0 radical (unpaired) electrons. The molecule has 2 N–H and O–H groups in total. The number of carbonyl (C=O) groups is 2. The number of aromatic hydroxyl groups is 1. The van der Waals surface area contributed by atoms with Gasteiger partial charge in [0.1, 0.15) is 22.8 Å². The molecule has 0 unspecified atom stereocenters. The average Bonchev–Trinajstić information content (AvgIpc) is 2.72. The molecule has 0 spiro atoms. The van der Waals surface area contributed by atoms with Crippen LogP contribution in [0.1, 0.15) is 36.7 Å². The van der Waals surface area contributed by atoms with Crippen molar-refractivity contribution in [3.05, 3.63) is 83.9 Å². The molecule has 0 saturated carbocycles. The third-order valence-electron chi connectivity index (χ3n) is 4.55. The number of anilines is 1. The maximum atomic E-state index is 12.2. The van der Waals surface area contributed by atoms with Gasteiger partial charge in [-0.05, 0) is 47.4 Å². The van der Waals surface area contributed by atoms with Crippen LogP contribution >= 0.6 is 0 Å². The lowest BCUT2D eigenvalue weighted by Gasteiger charge is -2.19. The first-order valence-electron chi connectivity index (χ1n) is 9.86. The Balaban J connectivity index is 1.55. The topological polar surface area (TPSA) is 84.9 Å². The Labute approximate surface area is 181 Å². The molecule has 0 aliphatic carbocycles. The Morgan fingerprint density at radius 3 is 2.19 bits per heavy atom. The molecule has 0 aromatic heterocycles. The first-order valence-corrected chi connectivity index (χ1v) is 9.86. The van der Waals surface area contributed by atoms with Gasteiger partial charge >= 0.3 is 5.97 Å². The second kappa shape index (κ2) is 9.34. The summed E-state index contributed by atoms with van der Waals surface area (Å²) >= 11 is 0. The number of para-hydroxylation sites is 1. The number of esters is 1. The van der Waals surface area contributed by atoms with Crippen LogP contribution in [0.5, 0.6) is 17.2 Å². The summed E-state index contributed by atoms with van der Waals surface area (Å²) in [7, 11) is 0. The van der Waals surface area contributed by atoms with E-state index in [-0.39, 0.29) is 29.2 Å². The van der Waals surface area contributed by atoms with Crippen molar-refractivity contribution >= 4 is 17.6 Å². The highest BCUT2D eigenvalue weighted by Gasteiger charge is 2.16. The standard InChI is InChI=1S/C25H25NO5/c1-25(2,3)17-9-12-19(13-10-17)30-16-23(28)26-18-11-14-21(22(27)15-18)24(29)31-20-7-5-4-6-8-20/h4-15,27H,16H2,1-3H3,(H,26,28). The Hall–Kier alpha value is -3.80. The number of benzene rings is 3. The monoisotopic (exact) mass is 419 g/mol. The van der Waals surface area contributed by atoms with E-state index in [1.165, 1.54) is 23.8 Å². The van der Waals surface area contributed by atoms with Crippen LogP contribution in [0.4, 0.5) is 5.69 Å². The van der Waals surface area contributed by atoms with Gasteiger partial charge in [0, 0.05) is 11.8 Å². The van der Waals surface area contributed by atoms with E-state index in [1.807, 2.05) is 24.3 Å². The number of nitrogens with one attached hydrogen (secondary N) is 1. The molecule has 0 atom stereocenters. The van der Waals surface area contributed by atoms with E-state index in [0.717, 1.165) is 0 Å². The van der Waals surface area contributed by atoms with E-state index in [0.29, 0.717) is 17.2 Å². The summed E-state index contributed by atoms with van der Waals surface area (Å²) in [6.07, 6.45) is 0. The van der Waals surface area contributed by atoms with Crippen LogP contribution in [-0.2, 0) is 10.2 Å². The van der Waals surface area contributed by atoms with E-state index in [9.17, 15) is 14.7 Å². The quantitative estimate of drug-likeness (QED) is 0.437. The minimum Gasteiger partial charge on any atom is -0.507 e. The van der Waals surface area contributed by atoms with Gasteiger partial charge in [0.05, 0.1) is 0 Å². The van der Waals surface area contributed by atoms with Gasteiger partial charge in [0.15, 0.2) is 6.61 Å². The lowest BCUT2D eigenvalue weighted by Crippen LogP contribution is -2.20. The van der Waals surface area contributed by atoms with E-state index >= 15 is 0 Å². The molecule has 6 nitrogen and oxygen atoms in total. The highest BCUT2D eigenvalue weighted by atomic mass is 16.5. The Morgan fingerprint density at radius 1 is 0.903 bits per heavy atom. The predicted molar refractivity (Wildman–Crippen MR) is 119 cm³/mol. The van der Waals surface area contributed by atoms with Crippen LogP contribution in [0.2, 0.25) is 0 Å². The van der Waals surface area contributed by atoms with Crippen LogP contribution in [0.25, 0.3) is 0 Å². The van der Waals surface area contributed by atoms with Crippen LogP contribution in [0, 0.1) is 0 Å². The second-order valence-electron chi connectivity index (χ2n) is 8.05. The Kier molecular flexibility index (Phi) is 6.60. The molecule has 0 bridgehead atoms. The molecule has 160 valence electrons. The number of hydrogen-bond acceptors (Lipinski definition) is 5. The molecule has 1 amide bonds. The van der Waals surface area contributed by atoms with E-state index in [4.69, 9.17) is 9.47 Å². The van der Waals surface area contributed by atoms with Gasteiger partial charge in [0.25, 0.3) is 5.91 Å². The van der Waals surface area contributed by atoms with Gasteiger partial charge in [-0.15, -0.1) is 0 Å². The van der Waals surface area contributed by atoms with Crippen molar-refractivity contribution in [2.75, 3.05) is 11.9 Å². The van der Waals surface area contributed by atoms with Gasteiger partial charge < -0.3 is 19.9 Å². The number of rotatable bonds is 6. The van der Waals surface area contributed by atoms with Crippen molar-refractivity contribution in [2.45, 2.75) is 26.2 Å². The number of carbonyl (C=O) groups excluding carboxylic acids is 2. The van der Waals surface area contributed by atoms with Crippen molar-refractivity contribution in [3.8, 4) is 17.2 Å². The molecule has 0 heterocycles. The number of amides is 1. The smallest absolute Gasteiger partial charge is 0.347 e. The largest absolute Gasteiger partial charge is 0.507 e. The third kappa shape index (κ3) is 6.09. The van der Waals surface area contributed by atoms with E-state index in [2.05, 4.69) is 26.1 Å². The van der Waals surface area contributed by atoms with Gasteiger partial charge in [-0.25, -0.2) is 4.79 Å². The molecule has 6 heteroatoms.